The Morgan fingerprint density at radius 1 is 1.31 bits per heavy atom. The van der Waals surface area contributed by atoms with Gasteiger partial charge in [0, 0.05) is 4.11 Å². The van der Waals surface area contributed by atoms with E-state index in [9.17, 15) is 0 Å². The Kier molecular flexibility index (Phi) is 3.31. The standard InChI is InChI=1S/C11H13BrSi/c1-4-11(12)13(2,3)10-8-6-5-7-9-10/h5-9H,1H2,2-3H3. The normalized spacial score (nSPS) is 10.7. The Labute approximate surface area is 89.1 Å². The van der Waals surface area contributed by atoms with Gasteiger partial charge in [0.05, 0.1) is 0 Å². The molecule has 0 unspecified atom stereocenters. The van der Waals surface area contributed by atoms with E-state index in [0.717, 1.165) is 4.11 Å². The summed E-state index contributed by atoms with van der Waals surface area (Å²) in [5, 5.41) is 1.40. The van der Waals surface area contributed by atoms with E-state index in [1.165, 1.54) is 5.19 Å². The van der Waals surface area contributed by atoms with Gasteiger partial charge in [-0.2, -0.15) is 0 Å². The highest BCUT2D eigenvalue weighted by Crippen LogP contribution is 2.19. The van der Waals surface area contributed by atoms with Crippen molar-refractivity contribution >= 4 is 29.2 Å². The van der Waals surface area contributed by atoms with E-state index < -0.39 is 8.07 Å². The molecule has 0 amide bonds. The minimum absolute atomic E-state index is 1.13. The number of halogens is 1. The van der Waals surface area contributed by atoms with Gasteiger partial charge in [-0.25, -0.2) is 0 Å². The van der Waals surface area contributed by atoms with Crippen molar-refractivity contribution in [2.24, 2.45) is 0 Å². The number of hydrogen-bond donors (Lipinski definition) is 0. The van der Waals surface area contributed by atoms with Gasteiger partial charge >= 0.3 is 0 Å². The van der Waals surface area contributed by atoms with Crippen LogP contribution in [0.1, 0.15) is 0 Å². The quantitative estimate of drug-likeness (QED) is 0.561. The van der Waals surface area contributed by atoms with Gasteiger partial charge in [0.25, 0.3) is 0 Å². The van der Waals surface area contributed by atoms with Crippen LogP contribution in [0.4, 0.5) is 0 Å². The summed E-state index contributed by atoms with van der Waals surface area (Å²) in [7, 11) is -1.52. The molecule has 0 nitrogen and oxygen atoms in total. The third-order valence-corrected chi connectivity index (χ3v) is 8.50. The molecule has 0 heterocycles. The first-order valence-corrected chi connectivity index (χ1v) is 8.00. The zero-order valence-corrected chi connectivity index (χ0v) is 10.6. The van der Waals surface area contributed by atoms with Gasteiger partial charge in [-0.3, -0.25) is 0 Å². The van der Waals surface area contributed by atoms with E-state index in [1.807, 2.05) is 6.07 Å². The van der Waals surface area contributed by atoms with Gasteiger partial charge in [-0.05, 0) is 0 Å². The fourth-order valence-electron chi connectivity index (χ4n) is 1.20. The summed E-state index contributed by atoms with van der Waals surface area (Å²) < 4.78 is 1.13. The summed E-state index contributed by atoms with van der Waals surface area (Å²) in [6, 6.07) is 10.5. The molecular formula is C11H13BrSi. The van der Waals surface area contributed by atoms with E-state index in [-0.39, 0.29) is 0 Å². The fourth-order valence-corrected chi connectivity index (χ4v) is 3.61. The van der Waals surface area contributed by atoms with Gasteiger partial charge in [0.15, 0.2) is 0 Å². The predicted molar refractivity (Wildman–Crippen MR) is 65.1 cm³/mol. The Morgan fingerprint density at radius 3 is 2.31 bits per heavy atom. The highest BCUT2D eigenvalue weighted by Gasteiger charge is 2.26. The molecule has 0 fully saturated rings. The second kappa shape index (κ2) is 4.10. The topological polar surface area (TPSA) is 0 Å². The molecular weight excluding hydrogens is 240 g/mol. The summed E-state index contributed by atoms with van der Waals surface area (Å²) in [5.74, 6) is 0. The average Bonchev–Trinajstić information content (AvgIpc) is 2.18. The lowest BCUT2D eigenvalue weighted by Gasteiger charge is -2.20. The summed E-state index contributed by atoms with van der Waals surface area (Å²) in [4.78, 5) is 0. The maximum Gasteiger partial charge on any atom is 0.130 e. The van der Waals surface area contributed by atoms with Crippen LogP contribution in [0.5, 0.6) is 0 Å². The second-order valence-electron chi connectivity index (χ2n) is 3.48. The first-order chi connectivity index (χ1) is 6.09. The van der Waals surface area contributed by atoms with E-state index in [0.29, 0.717) is 0 Å². The molecule has 0 saturated carbocycles. The lowest BCUT2D eigenvalue weighted by atomic mass is 10.4. The van der Waals surface area contributed by atoms with Crippen molar-refractivity contribution in [3.63, 3.8) is 0 Å². The maximum absolute atomic E-state index is 3.68. The minimum atomic E-state index is -1.52. The molecule has 0 aliphatic carbocycles. The molecule has 0 bridgehead atoms. The van der Waals surface area contributed by atoms with E-state index in [4.69, 9.17) is 0 Å². The van der Waals surface area contributed by atoms with Gasteiger partial charge in [-0.15, -0.1) is 5.73 Å². The molecule has 2 heteroatoms. The molecule has 13 heavy (non-hydrogen) atoms. The zero-order valence-electron chi connectivity index (χ0n) is 7.97. The van der Waals surface area contributed by atoms with Gasteiger partial charge in [0.2, 0.25) is 0 Å². The van der Waals surface area contributed by atoms with Crippen LogP contribution in [0.2, 0.25) is 13.1 Å². The van der Waals surface area contributed by atoms with Crippen LogP contribution in [0.15, 0.2) is 46.7 Å². The average molecular weight is 253 g/mol. The summed E-state index contributed by atoms with van der Waals surface area (Å²) in [5.41, 5.74) is 2.95. The Balaban J connectivity index is 3.15. The molecule has 68 valence electrons. The van der Waals surface area contributed by atoms with Crippen molar-refractivity contribution in [2.45, 2.75) is 13.1 Å². The van der Waals surface area contributed by atoms with Crippen LogP contribution in [0.3, 0.4) is 0 Å². The van der Waals surface area contributed by atoms with Gasteiger partial charge < -0.3 is 0 Å². The van der Waals surface area contributed by atoms with Crippen LogP contribution in [0, 0.1) is 0 Å². The highest BCUT2D eigenvalue weighted by molar-refractivity contribution is 9.12. The predicted octanol–water partition coefficient (Wildman–Crippen LogP) is 3.20. The number of rotatable bonds is 2. The molecule has 1 aromatic carbocycles. The molecule has 0 aromatic heterocycles. The van der Waals surface area contributed by atoms with E-state index in [1.54, 1.807) is 0 Å². The minimum Gasteiger partial charge on any atom is -0.122 e. The summed E-state index contributed by atoms with van der Waals surface area (Å²) in [6.07, 6.45) is 0. The molecule has 0 spiro atoms. The first-order valence-electron chi connectivity index (χ1n) is 4.20. The third-order valence-electron chi connectivity index (χ3n) is 2.20. The van der Waals surface area contributed by atoms with Gasteiger partial charge in [-0.1, -0.05) is 71.1 Å². The van der Waals surface area contributed by atoms with Crippen LogP contribution < -0.4 is 5.19 Å². The SMILES string of the molecule is C=C=C(Br)[Si](C)(C)c1ccccc1. The molecule has 0 radical (unpaired) electrons. The van der Waals surface area contributed by atoms with Crippen molar-refractivity contribution in [1.82, 2.24) is 0 Å². The van der Waals surface area contributed by atoms with E-state index >= 15 is 0 Å². The molecule has 1 rings (SSSR count). The summed E-state index contributed by atoms with van der Waals surface area (Å²) >= 11 is 3.54. The smallest absolute Gasteiger partial charge is 0.122 e. The third kappa shape index (κ3) is 2.22. The van der Waals surface area contributed by atoms with Crippen molar-refractivity contribution in [3.05, 3.63) is 46.7 Å². The number of hydrogen-bond acceptors (Lipinski definition) is 0. The Hall–Kier alpha value is -0.563. The molecule has 0 aliphatic heterocycles. The van der Waals surface area contributed by atoms with Crippen molar-refractivity contribution in [2.75, 3.05) is 0 Å². The lowest BCUT2D eigenvalue weighted by molar-refractivity contribution is 1.70. The molecule has 0 saturated heterocycles. The summed E-state index contributed by atoms with van der Waals surface area (Å²) in [6.45, 7) is 8.24. The number of benzene rings is 1. The molecule has 0 atom stereocenters. The van der Waals surface area contributed by atoms with Crippen LogP contribution in [0.25, 0.3) is 0 Å². The Bertz CT molecular complexity index is 334. The zero-order chi connectivity index (χ0) is 9.90. The van der Waals surface area contributed by atoms with Crippen LogP contribution in [-0.2, 0) is 0 Å². The van der Waals surface area contributed by atoms with Crippen molar-refractivity contribution < 1.29 is 0 Å². The maximum atomic E-state index is 3.68. The fraction of sp³-hybridized carbons (Fsp3) is 0.182. The van der Waals surface area contributed by atoms with Crippen molar-refractivity contribution in [1.29, 1.82) is 0 Å². The first kappa shape index (κ1) is 10.5. The second-order valence-corrected chi connectivity index (χ2v) is 9.33. The highest BCUT2D eigenvalue weighted by atomic mass is 79.9. The molecule has 0 N–H and O–H groups in total. The monoisotopic (exact) mass is 252 g/mol. The van der Waals surface area contributed by atoms with Crippen molar-refractivity contribution in [3.8, 4) is 0 Å². The Morgan fingerprint density at radius 2 is 1.85 bits per heavy atom. The molecule has 0 aliphatic rings. The molecule has 1 aromatic rings. The van der Waals surface area contributed by atoms with Crippen LogP contribution in [-0.4, -0.2) is 8.07 Å². The largest absolute Gasteiger partial charge is 0.130 e. The van der Waals surface area contributed by atoms with Crippen LogP contribution >= 0.6 is 15.9 Å². The van der Waals surface area contributed by atoms with E-state index in [2.05, 4.69) is 65.6 Å². The van der Waals surface area contributed by atoms with Gasteiger partial charge in [0.1, 0.15) is 8.07 Å². The lowest BCUT2D eigenvalue weighted by Crippen LogP contribution is -2.41.